The minimum absolute atomic E-state index is 0.000583. The monoisotopic (exact) mass is 679 g/mol. The van der Waals surface area contributed by atoms with Crippen LogP contribution in [0.2, 0.25) is 0 Å². The van der Waals surface area contributed by atoms with Gasteiger partial charge in [-0.2, -0.15) is 0 Å². The Labute approximate surface area is 295 Å². The molecule has 5 rings (SSSR count). The van der Waals surface area contributed by atoms with Crippen LogP contribution in [0.3, 0.4) is 0 Å². The molecule has 4 aromatic rings. The van der Waals surface area contributed by atoms with Crippen molar-refractivity contribution in [2.24, 2.45) is 0 Å². The van der Waals surface area contributed by atoms with Gasteiger partial charge in [0.05, 0.1) is 18.8 Å². The molecule has 1 saturated heterocycles. The molecule has 1 heterocycles. The van der Waals surface area contributed by atoms with E-state index >= 15 is 0 Å². The Balaban J connectivity index is 1.22. The number of ether oxygens (including phenoxy) is 2. The van der Waals surface area contributed by atoms with Crippen molar-refractivity contribution in [3.63, 3.8) is 0 Å². The van der Waals surface area contributed by atoms with Gasteiger partial charge in [0, 0.05) is 44.5 Å². The van der Waals surface area contributed by atoms with Gasteiger partial charge in [-0.15, -0.1) is 0 Å². The molecule has 1 aliphatic heterocycles. The Bertz CT molecular complexity index is 1630. The number of unbranched alkanes of at least 4 members (excludes halogenated alkanes) is 3. The zero-order chi connectivity index (χ0) is 35.1. The average molecular weight is 680 g/mol. The third-order valence-corrected chi connectivity index (χ3v) is 9.10. The summed E-state index contributed by atoms with van der Waals surface area (Å²) < 4.78 is 13.2. The summed E-state index contributed by atoms with van der Waals surface area (Å²) in [5, 5.41) is 21.2. The number of aliphatic hydroxyl groups excluding tert-OH is 1. The van der Waals surface area contributed by atoms with Gasteiger partial charge in [-0.05, 0) is 53.3 Å². The number of aliphatic hydroxyl groups is 1. The van der Waals surface area contributed by atoms with Gasteiger partial charge in [0.25, 0.3) is 0 Å². The quantitative estimate of drug-likeness (QED) is 0.0540. The Kier molecular flexibility index (Phi) is 14.1. The normalized spacial score (nSPS) is 17.4. The van der Waals surface area contributed by atoms with Crippen molar-refractivity contribution in [1.82, 2.24) is 15.7 Å². The van der Waals surface area contributed by atoms with Crippen molar-refractivity contribution in [2.75, 3.05) is 13.6 Å². The molecule has 9 nitrogen and oxygen atoms in total. The van der Waals surface area contributed by atoms with E-state index in [0.717, 1.165) is 65.7 Å². The van der Waals surface area contributed by atoms with Crippen LogP contribution >= 0.6 is 0 Å². The summed E-state index contributed by atoms with van der Waals surface area (Å²) in [6.45, 7) is 2.00. The van der Waals surface area contributed by atoms with E-state index < -0.39 is 6.29 Å². The van der Waals surface area contributed by atoms with Crippen molar-refractivity contribution in [3.05, 3.63) is 131 Å². The molecule has 0 aromatic heterocycles. The number of nitrogens with one attached hydrogen (secondary N) is 2. The summed E-state index contributed by atoms with van der Waals surface area (Å²) in [4.78, 5) is 26.0. The fraction of sp³-hybridized carbons (Fsp3) is 0.366. The minimum atomic E-state index is -0.545. The predicted molar refractivity (Wildman–Crippen MR) is 193 cm³/mol. The van der Waals surface area contributed by atoms with Gasteiger partial charge < -0.3 is 19.9 Å². The van der Waals surface area contributed by atoms with Crippen LogP contribution < -0.4 is 10.8 Å². The molecule has 1 fully saturated rings. The van der Waals surface area contributed by atoms with Crippen molar-refractivity contribution >= 4 is 11.8 Å². The second-order valence-electron chi connectivity index (χ2n) is 13.0. The van der Waals surface area contributed by atoms with E-state index in [-0.39, 0.29) is 37.0 Å². The summed E-state index contributed by atoms with van der Waals surface area (Å²) in [7, 11) is 2.12. The highest BCUT2D eigenvalue weighted by atomic mass is 16.7. The van der Waals surface area contributed by atoms with Crippen LogP contribution in [-0.2, 0) is 38.8 Å². The van der Waals surface area contributed by atoms with Gasteiger partial charge in [-0.3, -0.25) is 19.7 Å². The Morgan fingerprint density at radius 1 is 0.760 bits per heavy atom. The maximum atomic E-state index is 12.6. The maximum absolute atomic E-state index is 12.6. The molecule has 50 heavy (non-hydrogen) atoms. The van der Waals surface area contributed by atoms with Crippen LogP contribution in [0.5, 0.6) is 0 Å². The van der Waals surface area contributed by atoms with Crippen molar-refractivity contribution in [2.45, 2.75) is 83.1 Å². The Morgan fingerprint density at radius 2 is 1.42 bits per heavy atom. The first-order valence-electron chi connectivity index (χ1n) is 17.5. The number of carbonyl (C=O) groups is 2. The Morgan fingerprint density at radius 3 is 2.12 bits per heavy atom. The summed E-state index contributed by atoms with van der Waals surface area (Å²) in [5.41, 5.74) is 8.88. The third-order valence-electron chi connectivity index (χ3n) is 9.10. The molecule has 0 bridgehead atoms. The fourth-order valence-corrected chi connectivity index (χ4v) is 6.38. The zero-order valence-electron chi connectivity index (χ0n) is 28.8. The lowest BCUT2D eigenvalue weighted by atomic mass is 9.97. The lowest BCUT2D eigenvalue weighted by Crippen LogP contribution is -2.37. The molecule has 4 N–H and O–H groups in total. The highest BCUT2D eigenvalue weighted by Crippen LogP contribution is 2.39. The number of hydroxylamine groups is 1. The summed E-state index contributed by atoms with van der Waals surface area (Å²) >= 11 is 0. The second-order valence-corrected chi connectivity index (χ2v) is 13.0. The molecule has 0 radical (unpaired) electrons. The lowest BCUT2D eigenvalue weighted by molar-refractivity contribution is -0.252. The standard InChI is InChI=1S/C41H49N3O6/c1-44(27-30-11-5-4-6-12-30)28-36-25-38(33-19-17-31(29-45)18-20-33)50-41(49-36)34-23-21-32(22-24-34)37-14-10-9-13-35(37)26-42-39(46)15-7-2-3-8-16-40(47)43-48/h4-6,9-14,17-24,36,38,41,45,48H,2-3,7-8,15-16,25-29H2,1H3,(H,42,46)(H,43,47)/t36-,38+,41+/m0/s1. The first-order chi connectivity index (χ1) is 24.4. The van der Waals surface area contributed by atoms with Gasteiger partial charge in [0.2, 0.25) is 11.8 Å². The van der Waals surface area contributed by atoms with Crippen LogP contribution in [-0.4, -0.2) is 46.7 Å². The Hall–Kier alpha value is -4.38. The van der Waals surface area contributed by atoms with Crippen LogP contribution in [0, 0.1) is 0 Å². The number of carbonyl (C=O) groups excluding carboxylic acids is 2. The predicted octanol–water partition coefficient (Wildman–Crippen LogP) is 6.99. The smallest absolute Gasteiger partial charge is 0.243 e. The number of benzene rings is 4. The van der Waals surface area contributed by atoms with Crippen molar-refractivity contribution in [3.8, 4) is 11.1 Å². The van der Waals surface area contributed by atoms with E-state index in [4.69, 9.17) is 14.7 Å². The molecular formula is C41H49N3O6. The second kappa shape index (κ2) is 19.1. The minimum Gasteiger partial charge on any atom is -0.392 e. The molecule has 9 heteroatoms. The van der Waals surface area contributed by atoms with E-state index in [9.17, 15) is 14.7 Å². The fourth-order valence-electron chi connectivity index (χ4n) is 6.38. The highest BCUT2D eigenvalue weighted by Gasteiger charge is 2.33. The van der Waals surface area contributed by atoms with E-state index in [1.165, 1.54) is 5.56 Å². The van der Waals surface area contributed by atoms with Gasteiger partial charge in [0.15, 0.2) is 6.29 Å². The van der Waals surface area contributed by atoms with Gasteiger partial charge in [-0.1, -0.05) is 116 Å². The van der Waals surface area contributed by atoms with E-state index in [2.05, 4.69) is 71.9 Å². The third kappa shape index (κ3) is 11.1. The zero-order valence-corrected chi connectivity index (χ0v) is 28.8. The van der Waals surface area contributed by atoms with Crippen LogP contribution in [0.15, 0.2) is 103 Å². The highest BCUT2D eigenvalue weighted by molar-refractivity contribution is 5.76. The molecule has 264 valence electrons. The number of nitrogens with zero attached hydrogens (tertiary/aromatic N) is 1. The first-order valence-corrected chi connectivity index (χ1v) is 17.5. The summed E-state index contributed by atoms with van der Waals surface area (Å²) in [5.74, 6) is -0.381. The molecule has 0 aliphatic carbocycles. The number of hydrogen-bond donors (Lipinski definition) is 4. The van der Waals surface area contributed by atoms with Crippen LogP contribution in [0.25, 0.3) is 11.1 Å². The lowest BCUT2D eigenvalue weighted by Gasteiger charge is -2.38. The topological polar surface area (TPSA) is 120 Å². The molecule has 3 atom stereocenters. The van der Waals surface area contributed by atoms with E-state index in [0.29, 0.717) is 25.8 Å². The van der Waals surface area contributed by atoms with Crippen molar-refractivity contribution in [1.29, 1.82) is 0 Å². The van der Waals surface area contributed by atoms with Gasteiger partial charge in [-0.25, -0.2) is 5.48 Å². The molecule has 0 unspecified atom stereocenters. The van der Waals surface area contributed by atoms with E-state index in [1.807, 2.05) is 48.5 Å². The molecule has 0 spiro atoms. The average Bonchev–Trinajstić information content (AvgIpc) is 3.15. The molecular weight excluding hydrogens is 630 g/mol. The largest absolute Gasteiger partial charge is 0.392 e. The van der Waals surface area contributed by atoms with Crippen molar-refractivity contribution < 1.29 is 29.4 Å². The van der Waals surface area contributed by atoms with Crippen LogP contribution in [0.1, 0.15) is 85.2 Å². The number of amides is 2. The SMILES string of the molecule is CN(Cc1ccccc1)C[C@@H]1C[C@H](c2ccc(CO)cc2)O[C@H](c2ccc(-c3ccccc3CNC(=O)CCCCCCC(=O)NO)cc2)O1. The molecule has 1 aliphatic rings. The maximum Gasteiger partial charge on any atom is 0.243 e. The summed E-state index contributed by atoms with van der Waals surface area (Å²) in [6.07, 6.45) is 3.80. The van der Waals surface area contributed by atoms with Gasteiger partial charge in [0.1, 0.15) is 0 Å². The first kappa shape index (κ1) is 36.9. The van der Waals surface area contributed by atoms with Crippen LogP contribution in [0.4, 0.5) is 0 Å². The molecule has 2 amide bonds. The number of likely N-dealkylation sites (N-methyl/N-ethyl adjacent to an activating group) is 1. The number of rotatable bonds is 17. The molecule has 4 aromatic carbocycles. The summed E-state index contributed by atoms with van der Waals surface area (Å²) in [6, 6.07) is 34.7. The van der Waals surface area contributed by atoms with Gasteiger partial charge >= 0.3 is 0 Å². The van der Waals surface area contributed by atoms with E-state index in [1.54, 1.807) is 5.48 Å². The number of hydrogen-bond acceptors (Lipinski definition) is 7. The molecule has 0 saturated carbocycles.